The Bertz CT molecular complexity index is 1880. The number of esters is 1. The van der Waals surface area contributed by atoms with Crippen molar-refractivity contribution >= 4 is 33.2 Å². The minimum absolute atomic E-state index is 0.0917. The van der Waals surface area contributed by atoms with Gasteiger partial charge in [-0.15, -0.1) is 11.3 Å². The summed E-state index contributed by atoms with van der Waals surface area (Å²) in [5, 5.41) is 11.5. The maximum absolute atomic E-state index is 14.8. The van der Waals surface area contributed by atoms with E-state index in [-0.39, 0.29) is 35.3 Å². The van der Waals surface area contributed by atoms with E-state index in [1.54, 1.807) is 26.0 Å². The molecular formula is C33H29F2N3O5S. The van der Waals surface area contributed by atoms with Crippen molar-refractivity contribution in [3.05, 3.63) is 133 Å². The average molecular weight is 618 g/mol. The molecule has 0 aliphatic carbocycles. The smallest absolute Gasteiger partial charge is 0.343 e. The number of carbonyl (C=O) groups excluding carboxylic acids is 1. The van der Waals surface area contributed by atoms with E-state index in [0.717, 1.165) is 17.7 Å². The lowest BCUT2D eigenvalue weighted by molar-refractivity contribution is -0.384. The second-order valence-electron chi connectivity index (χ2n) is 10.7. The van der Waals surface area contributed by atoms with Gasteiger partial charge in [-0.2, -0.15) is 0 Å². The van der Waals surface area contributed by atoms with Crippen LogP contribution in [-0.2, 0) is 24.4 Å². The molecule has 0 spiro atoms. The highest BCUT2D eigenvalue weighted by atomic mass is 32.1. The third-order valence-electron chi connectivity index (χ3n) is 7.02. The van der Waals surface area contributed by atoms with Crippen LogP contribution < -0.4 is 5.43 Å². The summed E-state index contributed by atoms with van der Waals surface area (Å²) in [7, 11) is 1.89. The summed E-state index contributed by atoms with van der Waals surface area (Å²) in [4.78, 5) is 41.1. The summed E-state index contributed by atoms with van der Waals surface area (Å²) >= 11 is 1.22. The van der Waals surface area contributed by atoms with Gasteiger partial charge in [-0.1, -0.05) is 36.4 Å². The number of hydrogen-bond donors (Lipinski definition) is 0. The van der Waals surface area contributed by atoms with Crippen molar-refractivity contribution in [2.75, 3.05) is 7.05 Å². The van der Waals surface area contributed by atoms with Crippen LogP contribution in [0.25, 0.3) is 20.7 Å². The Balaban J connectivity index is 1.75. The van der Waals surface area contributed by atoms with Crippen molar-refractivity contribution in [1.29, 1.82) is 0 Å². The molecule has 8 nitrogen and oxygen atoms in total. The van der Waals surface area contributed by atoms with Crippen molar-refractivity contribution in [2.45, 2.75) is 39.6 Å². The number of halogens is 2. The Morgan fingerprint density at radius 3 is 2.25 bits per heavy atom. The fourth-order valence-electron chi connectivity index (χ4n) is 5.03. The van der Waals surface area contributed by atoms with Gasteiger partial charge in [-0.05, 0) is 61.9 Å². The van der Waals surface area contributed by atoms with Gasteiger partial charge in [0, 0.05) is 41.9 Å². The highest BCUT2D eigenvalue weighted by Crippen LogP contribution is 2.39. The van der Waals surface area contributed by atoms with Gasteiger partial charge >= 0.3 is 5.97 Å². The average Bonchev–Trinajstić information content (AvgIpc) is 3.35. The van der Waals surface area contributed by atoms with E-state index in [4.69, 9.17) is 4.74 Å². The van der Waals surface area contributed by atoms with E-state index in [9.17, 15) is 28.5 Å². The number of aromatic nitrogens is 1. The molecule has 0 atom stereocenters. The zero-order valence-corrected chi connectivity index (χ0v) is 25.1. The maximum Gasteiger partial charge on any atom is 0.343 e. The van der Waals surface area contributed by atoms with Gasteiger partial charge in [0.25, 0.3) is 5.69 Å². The van der Waals surface area contributed by atoms with Gasteiger partial charge in [0.05, 0.1) is 23.0 Å². The van der Waals surface area contributed by atoms with E-state index in [2.05, 4.69) is 0 Å². The topological polar surface area (TPSA) is 94.7 Å². The number of nitrogens with zero attached hydrogens (tertiary/aromatic N) is 3. The third kappa shape index (κ3) is 6.43. The van der Waals surface area contributed by atoms with Crippen LogP contribution in [0.4, 0.5) is 14.5 Å². The first-order valence-corrected chi connectivity index (χ1v) is 14.6. The van der Waals surface area contributed by atoms with Gasteiger partial charge < -0.3 is 9.30 Å². The Morgan fingerprint density at radius 1 is 0.977 bits per heavy atom. The molecule has 0 N–H and O–H groups in total. The van der Waals surface area contributed by atoms with E-state index >= 15 is 0 Å². The SMILES string of the molecule is CC(C)OC(=O)c1cn(Cc2c(F)cccc2F)c2sc(-c3ccc([N+](=O)[O-])cc3)c(CN(C)Cc3ccccc3)c2c1=O. The van der Waals surface area contributed by atoms with Crippen molar-refractivity contribution in [3.63, 3.8) is 0 Å². The Labute approximate surface area is 255 Å². The summed E-state index contributed by atoms with van der Waals surface area (Å²) in [6, 6.07) is 19.3. The standard InChI is InChI=1S/C33H29F2N3O5S/c1-20(2)43-33(40)26-19-37(18-24-27(34)10-7-11-28(24)35)32-29(30(26)39)25(17-36(3)16-21-8-5-4-6-9-21)31(44-32)22-12-14-23(15-13-22)38(41)42/h4-15,19-20H,16-18H2,1-3H3. The molecule has 0 fully saturated rings. The van der Waals surface area contributed by atoms with Crippen molar-refractivity contribution < 1.29 is 23.2 Å². The van der Waals surface area contributed by atoms with Crippen LogP contribution in [0, 0.1) is 21.7 Å². The normalized spacial score (nSPS) is 11.4. The molecule has 2 aromatic heterocycles. The Hall–Kier alpha value is -4.74. The predicted molar refractivity (Wildman–Crippen MR) is 166 cm³/mol. The van der Waals surface area contributed by atoms with Crippen LogP contribution in [0.5, 0.6) is 0 Å². The van der Waals surface area contributed by atoms with Crippen LogP contribution in [0.2, 0.25) is 0 Å². The number of non-ortho nitro benzene ring substituents is 1. The molecule has 5 rings (SSSR count). The summed E-state index contributed by atoms with van der Waals surface area (Å²) in [6.07, 6.45) is 0.777. The van der Waals surface area contributed by atoms with Crippen LogP contribution >= 0.6 is 11.3 Å². The number of pyridine rings is 1. The third-order valence-corrected chi connectivity index (χ3v) is 8.34. The molecule has 44 heavy (non-hydrogen) atoms. The number of carbonyl (C=O) groups is 1. The molecule has 0 amide bonds. The van der Waals surface area contributed by atoms with Crippen LogP contribution in [0.15, 0.2) is 83.8 Å². The second kappa shape index (κ2) is 12.9. The minimum atomic E-state index is -0.846. The summed E-state index contributed by atoms with van der Waals surface area (Å²) in [5.74, 6) is -2.38. The Morgan fingerprint density at radius 2 is 1.64 bits per heavy atom. The number of fused-ring (bicyclic) bond motifs is 1. The van der Waals surface area contributed by atoms with Crippen molar-refractivity contribution in [3.8, 4) is 10.4 Å². The minimum Gasteiger partial charge on any atom is -0.459 e. The lowest BCUT2D eigenvalue weighted by Gasteiger charge is -2.18. The molecule has 2 heterocycles. The number of hydrogen-bond acceptors (Lipinski definition) is 7. The lowest BCUT2D eigenvalue weighted by atomic mass is 10.0. The number of ether oxygens (including phenoxy) is 1. The molecule has 0 saturated carbocycles. The van der Waals surface area contributed by atoms with Crippen LogP contribution in [-0.4, -0.2) is 33.5 Å². The molecule has 0 saturated heterocycles. The Kier molecular flexibility index (Phi) is 8.98. The monoisotopic (exact) mass is 617 g/mol. The highest BCUT2D eigenvalue weighted by Gasteiger charge is 2.26. The maximum atomic E-state index is 14.8. The van der Waals surface area contributed by atoms with Gasteiger partial charge in [0.2, 0.25) is 5.43 Å². The quantitative estimate of drug-likeness (QED) is 0.0938. The first-order valence-electron chi connectivity index (χ1n) is 13.8. The number of thiophene rings is 1. The molecule has 0 aliphatic heterocycles. The molecular weight excluding hydrogens is 588 g/mol. The molecule has 11 heteroatoms. The summed E-state index contributed by atoms with van der Waals surface area (Å²) in [6.45, 7) is 3.83. The van der Waals surface area contributed by atoms with E-state index in [1.807, 2.05) is 42.3 Å². The first kappa shape index (κ1) is 30.7. The molecule has 0 radical (unpaired) electrons. The second-order valence-corrected chi connectivity index (χ2v) is 11.7. The largest absolute Gasteiger partial charge is 0.459 e. The van der Waals surface area contributed by atoms with Crippen LogP contribution in [0.3, 0.4) is 0 Å². The van der Waals surface area contributed by atoms with Gasteiger partial charge in [-0.3, -0.25) is 19.8 Å². The fourth-order valence-corrected chi connectivity index (χ4v) is 6.32. The molecule has 3 aromatic carbocycles. The first-order chi connectivity index (χ1) is 21.0. The number of rotatable bonds is 10. The van der Waals surface area contributed by atoms with Gasteiger partial charge in [0.1, 0.15) is 22.0 Å². The molecule has 0 aliphatic rings. The molecule has 5 aromatic rings. The van der Waals surface area contributed by atoms with E-state index in [0.29, 0.717) is 27.4 Å². The van der Waals surface area contributed by atoms with Gasteiger partial charge in [-0.25, -0.2) is 13.6 Å². The zero-order valence-electron chi connectivity index (χ0n) is 24.3. The highest BCUT2D eigenvalue weighted by molar-refractivity contribution is 7.22. The molecule has 226 valence electrons. The zero-order chi connectivity index (χ0) is 31.5. The van der Waals surface area contributed by atoms with Crippen LogP contribution in [0.1, 0.15) is 40.9 Å². The van der Waals surface area contributed by atoms with E-state index < -0.39 is 34.1 Å². The predicted octanol–water partition coefficient (Wildman–Crippen LogP) is 7.16. The molecule has 0 unspecified atom stereocenters. The number of nitro benzene ring substituents is 1. The van der Waals surface area contributed by atoms with Crippen molar-refractivity contribution in [1.82, 2.24) is 9.47 Å². The number of nitro groups is 1. The fraction of sp³-hybridized carbons (Fsp3) is 0.212. The number of benzene rings is 3. The lowest BCUT2D eigenvalue weighted by Crippen LogP contribution is -2.24. The summed E-state index contributed by atoms with van der Waals surface area (Å²) in [5.41, 5.74) is 1.10. The van der Waals surface area contributed by atoms with Crippen molar-refractivity contribution in [2.24, 2.45) is 0 Å². The molecule has 0 bridgehead atoms. The van der Waals surface area contributed by atoms with E-state index in [1.165, 1.54) is 40.3 Å². The van der Waals surface area contributed by atoms with Gasteiger partial charge in [0.15, 0.2) is 0 Å². The summed E-state index contributed by atoms with van der Waals surface area (Å²) < 4.78 is 36.5.